The molecule has 1 aliphatic carbocycles. The van der Waals surface area contributed by atoms with Gasteiger partial charge in [-0.15, -0.1) is 0 Å². The Labute approximate surface area is 161 Å². The van der Waals surface area contributed by atoms with E-state index in [-0.39, 0.29) is 29.4 Å². The Balaban J connectivity index is 1.68. The number of hydrazine groups is 1. The lowest BCUT2D eigenvalue weighted by atomic mass is 10.2. The summed E-state index contributed by atoms with van der Waals surface area (Å²) >= 11 is 3.54. The Bertz CT molecular complexity index is 739. The van der Waals surface area contributed by atoms with Crippen molar-refractivity contribution in [2.75, 3.05) is 11.6 Å². The van der Waals surface area contributed by atoms with Gasteiger partial charge in [0.05, 0.1) is 10.5 Å². The largest absolute Gasteiger partial charge is 0.460 e. The first-order valence-corrected chi connectivity index (χ1v) is 9.58. The predicted molar refractivity (Wildman–Crippen MR) is 104 cm³/mol. The molecule has 0 bridgehead atoms. The molecule has 0 saturated heterocycles. The summed E-state index contributed by atoms with van der Waals surface area (Å²) in [5.74, 6) is -0.605. The van der Waals surface area contributed by atoms with Crippen LogP contribution in [0.3, 0.4) is 0 Å². The molecule has 0 aromatic heterocycles. The zero-order valence-corrected chi connectivity index (χ0v) is 15.9. The van der Waals surface area contributed by atoms with Crippen molar-refractivity contribution in [2.45, 2.75) is 30.2 Å². The third kappa shape index (κ3) is 4.71. The number of anilines is 1. The second-order valence-electron chi connectivity index (χ2n) is 6.15. The molecule has 5 nitrogen and oxygen atoms in total. The highest BCUT2D eigenvalue weighted by atomic mass is 79.9. The number of amides is 1. The topological polar surface area (TPSA) is 58.6 Å². The van der Waals surface area contributed by atoms with Gasteiger partial charge in [0.15, 0.2) is 0 Å². The van der Waals surface area contributed by atoms with Gasteiger partial charge in [0.1, 0.15) is 12.6 Å². The summed E-state index contributed by atoms with van der Waals surface area (Å²) in [6, 6.07) is 18.1. The number of carbonyl (C=O) groups excluding carboxylic acids is 2. The minimum Gasteiger partial charge on any atom is -0.460 e. The number of rotatable bonds is 6. The van der Waals surface area contributed by atoms with E-state index >= 15 is 0 Å². The Morgan fingerprint density at radius 3 is 2.31 bits per heavy atom. The van der Waals surface area contributed by atoms with Crippen molar-refractivity contribution in [3.05, 3.63) is 66.2 Å². The molecule has 2 atom stereocenters. The van der Waals surface area contributed by atoms with Crippen LogP contribution in [0.4, 0.5) is 5.69 Å². The Kier molecular flexibility index (Phi) is 6.41. The van der Waals surface area contributed by atoms with E-state index in [2.05, 4.69) is 21.4 Å². The first-order valence-electron chi connectivity index (χ1n) is 8.67. The molecule has 1 saturated carbocycles. The van der Waals surface area contributed by atoms with E-state index in [0.29, 0.717) is 11.3 Å². The smallest absolute Gasteiger partial charge is 0.322 e. The van der Waals surface area contributed by atoms with Crippen LogP contribution < -0.4 is 10.4 Å². The average Bonchev–Trinajstić information content (AvgIpc) is 3.08. The van der Waals surface area contributed by atoms with Gasteiger partial charge >= 0.3 is 5.97 Å². The normalized spacial score (nSPS) is 19.1. The molecule has 0 heterocycles. The highest BCUT2D eigenvalue weighted by molar-refractivity contribution is 9.09. The fourth-order valence-corrected chi connectivity index (χ4v) is 3.63. The molecule has 0 unspecified atom stereocenters. The quantitative estimate of drug-likeness (QED) is 0.443. The maximum Gasteiger partial charge on any atom is 0.322 e. The summed E-state index contributed by atoms with van der Waals surface area (Å²) in [5.41, 5.74) is 4.11. The maximum atomic E-state index is 12.9. The zero-order valence-electron chi connectivity index (χ0n) is 14.3. The fourth-order valence-electron chi connectivity index (χ4n) is 2.93. The zero-order chi connectivity index (χ0) is 18.4. The van der Waals surface area contributed by atoms with Crippen LogP contribution in [0.5, 0.6) is 0 Å². The van der Waals surface area contributed by atoms with E-state index in [1.54, 1.807) is 24.3 Å². The maximum absolute atomic E-state index is 12.9. The molecule has 1 N–H and O–H groups in total. The number of hydrogen-bond donors (Lipinski definition) is 1. The number of benzene rings is 2. The lowest BCUT2D eigenvalue weighted by Gasteiger charge is -2.24. The summed E-state index contributed by atoms with van der Waals surface area (Å²) in [6.07, 6.45) is 2.82. The van der Waals surface area contributed by atoms with Gasteiger partial charge in [-0.2, -0.15) is 0 Å². The van der Waals surface area contributed by atoms with Gasteiger partial charge in [-0.25, -0.2) is 10.4 Å². The van der Waals surface area contributed by atoms with Crippen LogP contribution in [0.1, 0.15) is 29.6 Å². The van der Waals surface area contributed by atoms with Crippen molar-refractivity contribution in [3.8, 4) is 0 Å². The minimum absolute atomic E-state index is 0.0797. The van der Waals surface area contributed by atoms with Crippen molar-refractivity contribution in [3.63, 3.8) is 0 Å². The van der Waals surface area contributed by atoms with Crippen molar-refractivity contribution in [1.82, 2.24) is 5.43 Å². The van der Waals surface area contributed by atoms with Crippen LogP contribution in [0.2, 0.25) is 0 Å². The van der Waals surface area contributed by atoms with E-state index in [0.717, 1.165) is 19.3 Å². The summed E-state index contributed by atoms with van der Waals surface area (Å²) in [6.45, 7) is -0.0797. The Morgan fingerprint density at radius 1 is 1.04 bits per heavy atom. The van der Waals surface area contributed by atoms with Crippen molar-refractivity contribution in [2.24, 2.45) is 0 Å². The number of nitrogens with one attached hydrogen (secondary N) is 1. The standard InChI is InChI=1S/C20H21BrN2O3/c21-17-12-7-13-18(17)26-19(24)14-22-23(16-10-5-2-6-11-16)20(25)15-8-3-1-4-9-15/h1-6,8-11,17-18,22H,7,12-14H2/t17-,18-/m0/s1. The summed E-state index contributed by atoms with van der Waals surface area (Å²) in [5, 5.41) is 1.39. The lowest BCUT2D eigenvalue weighted by molar-refractivity contribution is -0.147. The van der Waals surface area contributed by atoms with Crippen molar-refractivity contribution < 1.29 is 14.3 Å². The summed E-state index contributed by atoms with van der Waals surface area (Å²) in [4.78, 5) is 25.3. The van der Waals surface area contributed by atoms with E-state index in [9.17, 15) is 9.59 Å². The molecule has 2 aromatic rings. The van der Waals surface area contributed by atoms with Crippen LogP contribution in [0.25, 0.3) is 0 Å². The first kappa shape index (κ1) is 18.6. The molecular weight excluding hydrogens is 396 g/mol. The second kappa shape index (κ2) is 8.96. The number of para-hydroxylation sites is 1. The molecule has 0 radical (unpaired) electrons. The number of esters is 1. The van der Waals surface area contributed by atoms with Crippen LogP contribution in [-0.2, 0) is 9.53 Å². The monoisotopic (exact) mass is 416 g/mol. The molecule has 136 valence electrons. The van der Waals surface area contributed by atoms with Gasteiger partial charge in [-0.3, -0.25) is 9.59 Å². The minimum atomic E-state index is -0.372. The van der Waals surface area contributed by atoms with Crippen LogP contribution in [0, 0.1) is 0 Å². The molecule has 0 spiro atoms. The summed E-state index contributed by atoms with van der Waals surface area (Å²) in [7, 11) is 0. The van der Waals surface area contributed by atoms with E-state index in [4.69, 9.17) is 4.74 Å². The van der Waals surface area contributed by atoms with E-state index in [1.165, 1.54) is 5.01 Å². The van der Waals surface area contributed by atoms with Crippen LogP contribution in [0.15, 0.2) is 60.7 Å². The van der Waals surface area contributed by atoms with Gasteiger partial charge in [0, 0.05) is 5.56 Å². The Morgan fingerprint density at radius 2 is 1.69 bits per heavy atom. The first-order chi connectivity index (χ1) is 12.6. The van der Waals surface area contributed by atoms with Crippen molar-refractivity contribution in [1.29, 1.82) is 0 Å². The van der Waals surface area contributed by atoms with Crippen molar-refractivity contribution >= 4 is 33.5 Å². The number of nitrogens with zero attached hydrogens (tertiary/aromatic N) is 1. The molecule has 3 rings (SSSR count). The van der Waals surface area contributed by atoms with E-state index in [1.807, 2.05) is 36.4 Å². The molecule has 2 aromatic carbocycles. The Hall–Kier alpha value is -2.18. The van der Waals surface area contributed by atoms with Gasteiger partial charge in [-0.05, 0) is 43.5 Å². The number of alkyl halides is 1. The van der Waals surface area contributed by atoms with Gasteiger partial charge in [0.25, 0.3) is 5.91 Å². The molecule has 1 fully saturated rings. The van der Waals surface area contributed by atoms with Crippen LogP contribution >= 0.6 is 15.9 Å². The predicted octanol–water partition coefficient (Wildman–Crippen LogP) is 3.70. The summed E-state index contributed by atoms with van der Waals surface area (Å²) < 4.78 is 5.51. The average molecular weight is 417 g/mol. The number of carbonyl (C=O) groups is 2. The molecule has 1 amide bonds. The lowest BCUT2D eigenvalue weighted by Crippen LogP contribution is -2.46. The third-order valence-electron chi connectivity index (χ3n) is 4.27. The number of halogens is 1. The number of ether oxygens (including phenoxy) is 1. The molecule has 0 aliphatic heterocycles. The molecule has 26 heavy (non-hydrogen) atoms. The van der Waals surface area contributed by atoms with Gasteiger partial charge < -0.3 is 4.74 Å². The van der Waals surface area contributed by atoms with Gasteiger partial charge in [0.2, 0.25) is 0 Å². The SMILES string of the molecule is O=C(CNN(C(=O)c1ccccc1)c1ccccc1)O[C@H]1CCC[C@@H]1Br. The highest BCUT2D eigenvalue weighted by Gasteiger charge is 2.28. The molecule has 1 aliphatic rings. The van der Waals surface area contributed by atoms with E-state index < -0.39 is 0 Å². The molecule has 6 heteroatoms. The highest BCUT2D eigenvalue weighted by Crippen LogP contribution is 2.28. The van der Waals surface area contributed by atoms with Crippen LogP contribution in [-0.4, -0.2) is 29.4 Å². The third-order valence-corrected chi connectivity index (χ3v) is 5.32. The molecular formula is C20H21BrN2O3. The number of hydrogen-bond acceptors (Lipinski definition) is 4. The van der Waals surface area contributed by atoms with Gasteiger partial charge in [-0.1, -0.05) is 52.3 Å². The second-order valence-corrected chi connectivity index (χ2v) is 7.33. The fraction of sp³-hybridized carbons (Fsp3) is 0.300.